The molecule has 1 heterocycles. The summed E-state index contributed by atoms with van der Waals surface area (Å²) in [6.45, 7) is -0.198. The van der Waals surface area contributed by atoms with Gasteiger partial charge in [-0.15, -0.1) is 0 Å². The molecule has 0 unspecified atom stereocenters. The van der Waals surface area contributed by atoms with Crippen LogP contribution < -0.4 is 19.8 Å². The second kappa shape index (κ2) is 7.77. The van der Waals surface area contributed by atoms with E-state index < -0.39 is 5.97 Å². The second-order valence-corrected chi connectivity index (χ2v) is 5.51. The van der Waals surface area contributed by atoms with Gasteiger partial charge in [-0.1, -0.05) is 12.1 Å². The number of rotatable bonds is 6. The van der Waals surface area contributed by atoms with Crippen molar-refractivity contribution in [2.24, 2.45) is 0 Å². The van der Waals surface area contributed by atoms with Gasteiger partial charge in [0.2, 0.25) is 0 Å². The fourth-order valence-electron chi connectivity index (χ4n) is 2.60. The van der Waals surface area contributed by atoms with Gasteiger partial charge in [-0.2, -0.15) is 0 Å². The van der Waals surface area contributed by atoms with Crippen LogP contribution in [0.1, 0.15) is 16.2 Å². The third-order valence-electron chi connectivity index (χ3n) is 3.93. The van der Waals surface area contributed by atoms with Gasteiger partial charge < -0.3 is 23.9 Å². The topological polar surface area (TPSA) is 99.7 Å². The van der Waals surface area contributed by atoms with E-state index in [-0.39, 0.29) is 29.3 Å². The molecule has 2 aromatic carbocycles. The Morgan fingerprint density at radius 1 is 1.00 bits per heavy atom. The van der Waals surface area contributed by atoms with Crippen molar-refractivity contribution in [3.05, 3.63) is 58.1 Å². The van der Waals surface area contributed by atoms with Crippen molar-refractivity contribution >= 4 is 16.9 Å². The minimum atomic E-state index is -0.649. The van der Waals surface area contributed by atoms with Crippen molar-refractivity contribution in [1.29, 1.82) is 0 Å². The van der Waals surface area contributed by atoms with Gasteiger partial charge in [-0.25, -0.2) is 9.78 Å². The smallest absolute Gasteiger partial charge is 0.342 e. The summed E-state index contributed by atoms with van der Waals surface area (Å²) in [5.74, 6) is 0.654. The fraction of sp³-hybridized carbons (Fsp3) is 0.211. The number of nitrogens with one attached hydrogen (secondary N) is 1. The lowest BCUT2D eigenvalue weighted by molar-refractivity contribution is 0.0458. The quantitative estimate of drug-likeness (QED) is 0.665. The van der Waals surface area contributed by atoms with E-state index in [1.54, 1.807) is 24.3 Å². The van der Waals surface area contributed by atoms with Crippen LogP contribution in [0.15, 0.2) is 41.2 Å². The molecule has 0 amide bonds. The Kier molecular flexibility index (Phi) is 5.25. The van der Waals surface area contributed by atoms with Gasteiger partial charge in [0.05, 0.1) is 32.2 Å². The van der Waals surface area contributed by atoms with Crippen molar-refractivity contribution in [2.75, 3.05) is 21.3 Å². The van der Waals surface area contributed by atoms with E-state index in [4.69, 9.17) is 18.9 Å². The van der Waals surface area contributed by atoms with Crippen LogP contribution in [0.4, 0.5) is 0 Å². The summed E-state index contributed by atoms with van der Waals surface area (Å²) in [6, 6.07) is 9.92. The second-order valence-electron chi connectivity index (χ2n) is 5.51. The van der Waals surface area contributed by atoms with E-state index in [0.717, 1.165) is 0 Å². The molecular weight excluding hydrogens is 352 g/mol. The summed E-state index contributed by atoms with van der Waals surface area (Å²) in [4.78, 5) is 31.5. The minimum Gasteiger partial charge on any atom is -0.496 e. The monoisotopic (exact) mass is 370 g/mol. The number of aromatic amines is 1. The lowest BCUT2D eigenvalue weighted by Crippen LogP contribution is -2.15. The lowest BCUT2D eigenvalue weighted by atomic mass is 10.1. The molecule has 27 heavy (non-hydrogen) atoms. The van der Waals surface area contributed by atoms with Gasteiger partial charge in [0.15, 0.2) is 11.5 Å². The Labute approximate surface area is 154 Å². The van der Waals surface area contributed by atoms with E-state index >= 15 is 0 Å². The summed E-state index contributed by atoms with van der Waals surface area (Å²) in [5, 5.41) is 0.467. The molecule has 8 heteroatoms. The van der Waals surface area contributed by atoms with Crippen LogP contribution in [-0.2, 0) is 11.3 Å². The van der Waals surface area contributed by atoms with Crippen LogP contribution in [0.3, 0.4) is 0 Å². The first kappa shape index (κ1) is 18.2. The molecule has 0 fully saturated rings. The van der Waals surface area contributed by atoms with Crippen LogP contribution in [0.2, 0.25) is 0 Å². The summed E-state index contributed by atoms with van der Waals surface area (Å²) in [7, 11) is 4.38. The summed E-state index contributed by atoms with van der Waals surface area (Å²) < 4.78 is 20.9. The molecule has 0 aliphatic carbocycles. The van der Waals surface area contributed by atoms with Gasteiger partial charge in [0.1, 0.15) is 23.7 Å². The number of methoxy groups -OCH3 is 3. The van der Waals surface area contributed by atoms with E-state index in [9.17, 15) is 9.59 Å². The molecule has 3 aromatic rings. The molecule has 8 nitrogen and oxygen atoms in total. The van der Waals surface area contributed by atoms with Crippen LogP contribution >= 0.6 is 0 Å². The molecule has 1 N–H and O–H groups in total. The first-order chi connectivity index (χ1) is 13.1. The molecule has 0 bridgehead atoms. The number of esters is 1. The van der Waals surface area contributed by atoms with E-state index in [1.807, 2.05) is 0 Å². The predicted octanol–water partition coefficient (Wildman–Crippen LogP) is 2.31. The Bertz CT molecular complexity index is 1040. The zero-order valence-electron chi connectivity index (χ0n) is 15.1. The summed E-state index contributed by atoms with van der Waals surface area (Å²) in [6.07, 6.45) is 0. The highest BCUT2D eigenvalue weighted by atomic mass is 16.5. The SMILES string of the molecule is COc1cc(OC)c(C(=O)OCc2nc3ccccc3c(=O)[nH]2)cc1OC. The van der Waals surface area contributed by atoms with Crippen LogP contribution in [0.25, 0.3) is 10.9 Å². The maximum absolute atomic E-state index is 12.5. The number of benzene rings is 2. The maximum Gasteiger partial charge on any atom is 0.342 e. The number of nitrogens with zero attached hydrogens (tertiary/aromatic N) is 1. The third kappa shape index (κ3) is 3.69. The number of aromatic nitrogens is 2. The molecule has 0 atom stereocenters. The molecule has 1 aromatic heterocycles. The molecule has 0 aliphatic rings. The van der Waals surface area contributed by atoms with Gasteiger partial charge in [-0.3, -0.25) is 4.79 Å². The van der Waals surface area contributed by atoms with E-state index in [1.165, 1.54) is 33.5 Å². The van der Waals surface area contributed by atoms with Crippen molar-refractivity contribution in [2.45, 2.75) is 6.61 Å². The molecule has 0 saturated carbocycles. The third-order valence-corrected chi connectivity index (χ3v) is 3.93. The van der Waals surface area contributed by atoms with Crippen molar-refractivity contribution in [3.63, 3.8) is 0 Å². The van der Waals surface area contributed by atoms with Crippen molar-refractivity contribution in [3.8, 4) is 17.2 Å². The first-order valence-electron chi connectivity index (χ1n) is 8.02. The maximum atomic E-state index is 12.5. The van der Waals surface area contributed by atoms with E-state index in [0.29, 0.717) is 22.4 Å². The Hall–Kier alpha value is -3.55. The number of ether oxygens (including phenoxy) is 4. The number of hydrogen-bond donors (Lipinski definition) is 1. The van der Waals surface area contributed by atoms with Gasteiger partial charge in [0.25, 0.3) is 5.56 Å². The van der Waals surface area contributed by atoms with Crippen LogP contribution in [0, 0.1) is 0 Å². The van der Waals surface area contributed by atoms with Crippen molar-refractivity contribution in [1.82, 2.24) is 9.97 Å². The first-order valence-corrected chi connectivity index (χ1v) is 8.02. The summed E-state index contributed by atoms with van der Waals surface area (Å²) >= 11 is 0. The van der Waals surface area contributed by atoms with Crippen molar-refractivity contribution < 1.29 is 23.7 Å². The number of carbonyl (C=O) groups is 1. The molecule has 0 saturated heterocycles. The molecule has 140 valence electrons. The largest absolute Gasteiger partial charge is 0.496 e. The van der Waals surface area contributed by atoms with E-state index in [2.05, 4.69) is 9.97 Å². The zero-order valence-corrected chi connectivity index (χ0v) is 15.1. The van der Waals surface area contributed by atoms with Crippen LogP contribution in [0.5, 0.6) is 17.2 Å². The normalized spacial score (nSPS) is 10.5. The van der Waals surface area contributed by atoms with Crippen LogP contribution in [-0.4, -0.2) is 37.3 Å². The Morgan fingerprint density at radius 2 is 1.67 bits per heavy atom. The zero-order chi connectivity index (χ0) is 19.4. The number of carbonyl (C=O) groups excluding carboxylic acids is 1. The number of fused-ring (bicyclic) bond motifs is 1. The van der Waals surface area contributed by atoms with Gasteiger partial charge in [-0.05, 0) is 12.1 Å². The molecule has 3 rings (SSSR count). The number of para-hydroxylation sites is 1. The average molecular weight is 370 g/mol. The predicted molar refractivity (Wildman–Crippen MR) is 97.6 cm³/mol. The van der Waals surface area contributed by atoms with Gasteiger partial charge in [0, 0.05) is 12.1 Å². The molecule has 0 aliphatic heterocycles. The summed E-state index contributed by atoms with van der Waals surface area (Å²) in [5.41, 5.74) is 0.393. The molecule has 0 spiro atoms. The minimum absolute atomic E-state index is 0.165. The van der Waals surface area contributed by atoms with Gasteiger partial charge >= 0.3 is 5.97 Å². The number of hydrogen-bond acceptors (Lipinski definition) is 7. The lowest BCUT2D eigenvalue weighted by Gasteiger charge is -2.13. The molecule has 0 radical (unpaired) electrons. The fourth-order valence-corrected chi connectivity index (χ4v) is 2.60. The Morgan fingerprint density at radius 3 is 2.37 bits per heavy atom. The highest BCUT2D eigenvalue weighted by Gasteiger charge is 2.19. The Balaban J connectivity index is 1.85. The standard InChI is InChI=1S/C19H18N2O6/c1-24-14-9-16(26-3)15(25-2)8-12(14)19(23)27-10-17-20-13-7-5-4-6-11(13)18(22)21-17/h4-9H,10H2,1-3H3,(H,20,21,22). The highest BCUT2D eigenvalue weighted by Crippen LogP contribution is 2.35. The number of H-pyrrole nitrogens is 1. The average Bonchev–Trinajstić information content (AvgIpc) is 2.70. The molecular formula is C19H18N2O6. The highest BCUT2D eigenvalue weighted by molar-refractivity contribution is 5.93.